The highest BCUT2D eigenvalue weighted by molar-refractivity contribution is 5.76. The second kappa shape index (κ2) is 3.14. The van der Waals surface area contributed by atoms with Gasteiger partial charge in [0.05, 0.1) is 6.42 Å². The van der Waals surface area contributed by atoms with E-state index in [1.807, 2.05) is 13.0 Å². The Bertz CT molecular complexity index is 271. The summed E-state index contributed by atoms with van der Waals surface area (Å²) in [4.78, 5) is 14.4. The van der Waals surface area contributed by atoms with Gasteiger partial charge < -0.3 is 5.73 Å². The molecule has 0 aromatic carbocycles. The number of rotatable bonds is 2. The maximum absolute atomic E-state index is 10.5. The van der Waals surface area contributed by atoms with Crippen LogP contribution in [0.25, 0.3) is 0 Å². The predicted molar refractivity (Wildman–Crippen MR) is 41.9 cm³/mol. The smallest absolute Gasteiger partial charge is 0.221 e. The van der Waals surface area contributed by atoms with E-state index in [2.05, 4.69) is 4.98 Å². The first-order valence-corrected chi connectivity index (χ1v) is 3.38. The molecule has 0 saturated heterocycles. The summed E-state index contributed by atoms with van der Waals surface area (Å²) in [6.45, 7) is 1.93. The van der Waals surface area contributed by atoms with Gasteiger partial charge in [-0.2, -0.15) is 0 Å². The van der Waals surface area contributed by atoms with Crippen LogP contribution in [0.15, 0.2) is 18.5 Å². The Morgan fingerprint density at radius 1 is 1.73 bits per heavy atom. The van der Waals surface area contributed by atoms with Gasteiger partial charge in [-0.25, -0.2) is 0 Å². The zero-order valence-corrected chi connectivity index (χ0v) is 6.37. The van der Waals surface area contributed by atoms with Gasteiger partial charge in [-0.15, -0.1) is 0 Å². The van der Waals surface area contributed by atoms with Gasteiger partial charge in [0.25, 0.3) is 0 Å². The van der Waals surface area contributed by atoms with Crippen LogP contribution < -0.4 is 5.73 Å². The van der Waals surface area contributed by atoms with Gasteiger partial charge in [-0.05, 0) is 24.1 Å². The fourth-order valence-electron chi connectivity index (χ4n) is 0.869. The maximum atomic E-state index is 10.5. The van der Waals surface area contributed by atoms with Crippen LogP contribution in [-0.4, -0.2) is 10.9 Å². The van der Waals surface area contributed by atoms with Crippen molar-refractivity contribution < 1.29 is 4.79 Å². The van der Waals surface area contributed by atoms with Crippen molar-refractivity contribution in [1.82, 2.24) is 4.98 Å². The number of pyridine rings is 1. The number of aryl methyl sites for hydroxylation is 1. The number of nitrogens with zero attached hydrogens (tertiary/aromatic N) is 1. The van der Waals surface area contributed by atoms with Crippen LogP contribution in [0.1, 0.15) is 11.1 Å². The first-order chi connectivity index (χ1) is 5.20. The second-order valence-corrected chi connectivity index (χ2v) is 2.45. The molecular formula is C8H10N2O. The molecule has 0 aliphatic heterocycles. The SMILES string of the molecule is Cc1ccncc1CC(N)=O. The van der Waals surface area contributed by atoms with E-state index in [9.17, 15) is 4.79 Å². The van der Waals surface area contributed by atoms with Gasteiger partial charge in [0.1, 0.15) is 0 Å². The molecule has 0 spiro atoms. The summed E-state index contributed by atoms with van der Waals surface area (Å²) in [6.07, 6.45) is 3.64. The monoisotopic (exact) mass is 150 g/mol. The molecule has 1 rings (SSSR count). The van der Waals surface area contributed by atoms with Crippen molar-refractivity contribution in [3.8, 4) is 0 Å². The summed E-state index contributed by atoms with van der Waals surface area (Å²) in [7, 11) is 0. The fourth-order valence-corrected chi connectivity index (χ4v) is 0.869. The number of primary amides is 1. The normalized spacial score (nSPS) is 9.55. The summed E-state index contributed by atoms with van der Waals surface area (Å²) < 4.78 is 0. The van der Waals surface area contributed by atoms with E-state index in [1.54, 1.807) is 12.4 Å². The second-order valence-electron chi connectivity index (χ2n) is 2.45. The third-order valence-electron chi connectivity index (χ3n) is 1.51. The first kappa shape index (κ1) is 7.72. The molecular weight excluding hydrogens is 140 g/mol. The number of carbonyl (C=O) groups is 1. The lowest BCUT2D eigenvalue weighted by atomic mass is 10.1. The van der Waals surface area contributed by atoms with Crippen LogP contribution in [-0.2, 0) is 11.2 Å². The molecule has 1 aromatic heterocycles. The molecule has 0 radical (unpaired) electrons. The van der Waals surface area contributed by atoms with Gasteiger partial charge in [0, 0.05) is 12.4 Å². The summed E-state index contributed by atoms with van der Waals surface area (Å²) in [5, 5.41) is 0. The Labute approximate surface area is 65.2 Å². The van der Waals surface area contributed by atoms with Crippen LogP contribution in [0.3, 0.4) is 0 Å². The van der Waals surface area contributed by atoms with Crippen molar-refractivity contribution in [2.45, 2.75) is 13.3 Å². The Hall–Kier alpha value is -1.38. The zero-order valence-electron chi connectivity index (χ0n) is 6.37. The quantitative estimate of drug-likeness (QED) is 0.664. The summed E-state index contributed by atoms with van der Waals surface area (Å²) in [6, 6.07) is 1.86. The molecule has 1 amide bonds. The van der Waals surface area contributed by atoms with Gasteiger partial charge in [0.2, 0.25) is 5.91 Å². The molecule has 0 atom stereocenters. The van der Waals surface area contributed by atoms with Gasteiger partial charge >= 0.3 is 0 Å². The van der Waals surface area contributed by atoms with E-state index in [4.69, 9.17) is 5.73 Å². The number of amides is 1. The van der Waals surface area contributed by atoms with Crippen molar-refractivity contribution in [1.29, 1.82) is 0 Å². The Morgan fingerprint density at radius 3 is 3.00 bits per heavy atom. The molecule has 0 aliphatic rings. The largest absolute Gasteiger partial charge is 0.369 e. The van der Waals surface area contributed by atoms with E-state index in [1.165, 1.54) is 0 Å². The lowest BCUT2D eigenvalue weighted by Crippen LogP contribution is -2.14. The standard InChI is InChI=1S/C8H10N2O/c1-6-2-3-10-5-7(6)4-8(9)11/h2-3,5H,4H2,1H3,(H2,9,11). The Kier molecular flexibility index (Phi) is 2.21. The van der Waals surface area contributed by atoms with Crippen molar-refractivity contribution >= 4 is 5.91 Å². The average molecular weight is 150 g/mol. The molecule has 11 heavy (non-hydrogen) atoms. The molecule has 3 heteroatoms. The Balaban J connectivity index is 2.86. The predicted octanol–water partition coefficient (Wildman–Crippen LogP) is 0.418. The molecule has 1 aromatic rings. The first-order valence-electron chi connectivity index (χ1n) is 3.38. The van der Waals surface area contributed by atoms with Crippen LogP contribution in [0, 0.1) is 6.92 Å². The number of hydrogen-bond acceptors (Lipinski definition) is 2. The van der Waals surface area contributed by atoms with Crippen LogP contribution in [0.2, 0.25) is 0 Å². The van der Waals surface area contributed by atoms with Gasteiger partial charge in [-0.3, -0.25) is 9.78 Å². The minimum Gasteiger partial charge on any atom is -0.369 e. The van der Waals surface area contributed by atoms with Crippen molar-refractivity contribution in [2.75, 3.05) is 0 Å². The van der Waals surface area contributed by atoms with Gasteiger partial charge in [-0.1, -0.05) is 0 Å². The highest BCUT2D eigenvalue weighted by atomic mass is 16.1. The molecule has 1 heterocycles. The number of hydrogen-bond donors (Lipinski definition) is 1. The van der Waals surface area contributed by atoms with Crippen molar-refractivity contribution in [2.24, 2.45) is 5.73 Å². The summed E-state index contributed by atoms with van der Waals surface area (Å²) in [5.41, 5.74) is 6.98. The van der Waals surface area contributed by atoms with E-state index >= 15 is 0 Å². The van der Waals surface area contributed by atoms with Crippen LogP contribution >= 0.6 is 0 Å². The summed E-state index contributed by atoms with van der Waals surface area (Å²) in [5.74, 6) is -0.318. The Morgan fingerprint density at radius 2 is 2.45 bits per heavy atom. The summed E-state index contributed by atoms with van der Waals surface area (Å²) >= 11 is 0. The minimum atomic E-state index is -0.318. The molecule has 0 aliphatic carbocycles. The van der Waals surface area contributed by atoms with Crippen LogP contribution in [0.4, 0.5) is 0 Å². The topological polar surface area (TPSA) is 56.0 Å². The number of carbonyl (C=O) groups excluding carboxylic acids is 1. The van der Waals surface area contributed by atoms with E-state index in [0.717, 1.165) is 11.1 Å². The molecule has 0 bridgehead atoms. The maximum Gasteiger partial charge on any atom is 0.221 e. The highest BCUT2D eigenvalue weighted by Gasteiger charge is 2.00. The number of nitrogens with two attached hydrogens (primary N) is 1. The van der Waals surface area contributed by atoms with Crippen molar-refractivity contribution in [3.63, 3.8) is 0 Å². The molecule has 3 nitrogen and oxygen atoms in total. The fraction of sp³-hybridized carbons (Fsp3) is 0.250. The van der Waals surface area contributed by atoms with Crippen LogP contribution in [0.5, 0.6) is 0 Å². The lowest BCUT2D eigenvalue weighted by Gasteiger charge is -1.99. The van der Waals surface area contributed by atoms with E-state index in [0.29, 0.717) is 0 Å². The lowest BCUT2D eigenvalue weighted by molar-refractivity contribution is -0.117. The molecule has 0 fully saturated rings. The number of aromatic nitrogens is 1. The van der Waals surface area contributed by atoms with Gasteiger partial charge in [0.15, 0.2) is 0 Å². The third-order valence-corrected chi connectivity index (χ3v) is 1.51. The van der Waals surface area contributed by atoms with E-state index in [-0.39, 0.29) is 12.3 Å². The third kappa shape index (κ3) is 2.04. The van der Waals surface area contributed by atoms with E-state index < -0.39 is 0 Å². The molecule has 0 saturated carbocycles. The average Bonchev–Trinajstić information content (AvgIpc) is 1.93. The molecule has 0 unspecified atom stereocenters. The molecule has 58 valence electrons. The highest BCUT2D eigenvalue weighted by Crippen LogP contribution is 2.04. The molecule has 2 N–H and O–H groups in total. The zero-order chi connectivity index (χ0) is 8.27. The minimum absolute atomic E-state index is 0.277. The van der Waals surface area contributed by atoms with Crippen molar-refractivity contribution in [3.05, 3.63) is 29.6 Å².